The van der Waals surface area contributed by atoms with E-state index in [1.54, 1.807) is 17.0 Å². The molecule has 3 N–H and O–H groups in total. The number of nitrogens with two attached hydrogens (primary N) is 1. The number of hydrogen-bond donors (Lipinski definition) is 2. The fraction of sp³-hybridized carbons (Fsp3) is 0.462. The number of rotatable bonds is 4. The van der Waals surface area contributed by atoms with Gasteiger partial charge in [0, 0.05) is 29.7 Å². The fourth-order valence-electron chi connectivity index (χ4n) is 2.55. The van der Waals surface area contributed by atoms with Gasteiger partial charge in [-0.25, -0.2) is 0 Å². The van der Waals surface area contributed by atoms with Gasteiger partial charge in [-0.05, 0) is 18.6 Å². The molecule has 1 aliphatic heterocycles. The Morgan fingerprint density at radius 3 is 2.85 bits per heavy atom. The number of halogens is 2. The summed E-state index contributed by atoms with van der Waals surface area (Å²) in [5.74, 6) is -0.356. The summed E-state index contributed by atoms with van der Waals surface area (Å²) in [4.78, 5) is 13.1. The molecule has 110 valence electrons. The first-order valence-corrected chi connectivity index (χ1v) is 6.92. The largest absolute Gasteiger partial charge is 0.495 e. The maximum atomic E-state index is 11.3. The van der Waals surface area contributed by atoms with Crippen molar-refractivity contribution in [3.05, 3.63) is 27.7 Å². The van der Waals surface area contributed by atoms with Gasteiger partial charge in [0.05, 0.1) is 12.1 Å². The lowest BCUT2D eigenvalue weighted by Crippen LogP contribution is -2.35. The molecule has 0 spiro atoms. The van der Waals surface area contributed by atoms with Crippen molar-refractivity contribution in [3.8, 4) is 5.75 Å². The van der Waals surface area contributed by atoms with Crippen LogP contribution in [-0.2, 0) is 11.3 Å². The Kier molecular flexibility index (Phi) is 4.75. The first kappa shape index (κ1) is 15.4. The van der Waals surface area contributed by atoms with E-state index in [4.69, 9.17) is 33.7 Å². The number of carboxylic acids is 1. The van der Waals surface area contributed by atoms with Crippen molar-refractivity contribution < 1.29 is 14.6 Å². The molecule has 1 aromatic rings. The highest BCUT2D eigenvalue weighted by Gasteiger charge is 2.35. The van der Waals surface area contributed by atoms with Crippen LogP contribution in [0.5, 0.6) is 5.75 Å². The third-order valence-electron chi connectivity index (χ3n) is 3.38. The van der Waals surface area contributed by atoms with Gasteiger partial charge < -0.3 is 15.6 Å². The normalized spacial score (nSPS) is 23.0. The van der Waals surface area contributed by atoms with E-state index in [2.05, 4.69) is 0 Å². The molecule has 0 aromatic heterocycles. The van der Waals surface area contributed by atoms with Gasteiger partial charge in [-0.15, -0.1) is 0 Å². The van der Waals surface area contributed by atoms with Crippen LogP contribution in [0.4, 0.5) is 0 Å². The molecule has 1 saturated heterocycles. The van der Waals surface area contributed by atoms with E-state index in [0.717, 1.165) is 5.56 Å². The molecule has 0 aliphatic carbocycles. The van der Waals surface area contributed by atoms with Crippen LogP contribution < -0.4 is 10.5 Å². The van der Waals surface area contributed by atoms with E-state index in [9.17, 15) is 9.90 Å². The Labute approximate surface area is 127 Å². The van der Waals surface area contributed by atoms with E-state index in [-0.39, 0.29) is 6.04 Å². The molecule has 1 aliphatic rings. The van der Waals surface area contributed by atoms with Crippen LogP contribution in [0.25, 0.3) is 0 Å². The summed E-state index contributed by atoms with van der Waals surface area (Å²) < 4.78 is 5.27. The van der Waals surface area contributed by atoms with Crippen molar-refractivity contribution in [2.45, 2.75) is 25.0 Å². The molecule has 0 amide bonds. The summed E-state index contributed by atoms with van der Waals surface area (Å²) in [6.07, 6.45) is 0.436. The second kappa shape index (κ2) is 6.18. The lowest BCUT2D eigenvalue weighted by atomic mass is 10.1. The van der Waals surface area contributed by atoms with Crippen molar-refractivity contribution in [2.75, 3.05) is 13.7 Å². The molecule has 5 nitrogen and oxygen atoms in total. The third-order valence-corrected chi connectivity index (χ3v) is 3.88. The summed E-state index contributed by atoms with van der Waals surface area (Å²) in [6.45, 7) is 0.901. The minimum Gasteiger partial charge on any atom is -0.495 e. The summed E-state index contributed by atoms with van der Waals surface area (Å²) in [5, 5.41) is 10.1. The highest BCUT2D eigenvalue weighted by molar-refractivity contribution is 6.35. The quantitative estimate of drug-likeness (QED) is 0.888. The Balaban J connectivity index is 2.27. The summed E-state index contributed by atoms with van der Waals surface area (Å²) >= 11 is 12.1. The zero-order valence-electron chi connectivity index (χ0n) is 11.0. The standard InChI is InChI=1S/C13H16Cl2N2O3/c1-20-12-7(2-8(14)3-10(12)15)5-17-6-9(16)4-11(17)13(18)19/h2-3,9,11H,4-6,16H2,1H3,(H,18,19)/t9-,11-/m0/s1. The van der Waals surface area contributed by atoms with Gasteiger partial charge in [0.2, 0.25) is 0 Å². The number of ether oxygens (including phenoxy) is 1. The van der Waals surface area contributed by atoms with E-state index in [1.807, 2.05) is 0 Å². The highest BCUT2D eigenvalue weighted by Crippen LogP contribution is 2.34. The van der Waals surface area contributed by atoms with Gasteiger partial charge in [0.1, 0.15) is 11.8 Å². The molecular weight excluding hydrogens is 303 g/mol. The van der Waals surface area contributed by atoms with E-state index >= 15 is 0 Å². The maximum absolute atomic E-state index is 11.3. The molecule has 2 rings (SSSR count). The molecule has 0 unspecified atom stereocenters. The Bertz CT molecular complexity index is 525. The molecule has 7 heteroatoms. The number of benzene rings is 1. The lowest BCUT2D eigenvalue weighted by molar-refractivity contribution is -0.142. The topological polar surface area (TPSA) is 75.8 Å². The third kappa shape index (κ3) is 3.17. The summed E-state index contributed by atoms with van der Waals surface area (Å²) in [7, 11) is 1.52. The molecule has 20 heavy (non-hydrogen) atoms. The first-order chi connectivity index (χ1) is 9.42. The van der Waals surface area contributed by atoms with Crippen LogP contribution in [-0.4, -0.2) is 41.7 Å². The average molecular weight is 319 g/mol. The fourth-order valence-corrected chi connectivity index (χ4v) is 3.16. The van der Waals surface area contributed by atoms with Gasteiger partial charge in [-0.1, -0.05) is 23.2 Å². The van der Waals surface area contributed by atoms with Crippen molar-refractivity contribution in [2.24, 2.45) is 5.73 Å². The number of likely N-dealkylation sites (tertiary alicyclic amines) is 1. The van der Waals surface area contributed by atoms with Crippen LogP contribution in [0.1, 0.15) is 12.0 Å². The predicted molar refractivity (Wildman–Crippen MR) is 77.4 cm³/mol. The number of carbonyl (C=O) groups is 1. The minimum atomic E-state index is -0.870. The number of methoxy groups -OCH3 is 1. The zero-order valence-corrected chi connectivity index (χ0v) is 12.5. The Hall–Kier alpha value is -1.01. The molecule has 2 atom stereocenters. The Morgan fingerprint density at radius 2 is 2.25 bits per heavy atom. The van der Waals surface area contributed by atoms with Gasteiger partial charge >= 0.3 is 5.97 Å². The maximum Gasteiger partial charge on any atom is 0.320 e. The molecule has 1 heterocycles. The molecular formula is C13H16Cl2N2O3. The average Bonchev–Trinajstić information content (AvgIpc) is 2.70. The second-order valence-electron chi connectivity index (χ2n) is 4.86. The molecule has 1 aromatic carbocycles. The number of carboxylic acid groups (broad SMARTS) is 1. The number of aliphatic carboxylic acids is 1. The van der Waals surface area contributed by atoms with Gasteiger partial charge in [-0.2, -0.15) is 0 Å². The van der Waals surface area contributed by atoms with Crippen molar-refractivity contribution in [1.82, 2.24) is 4.90 Å². The van der Waals surface area contributed by atoms with Crippen LogP contribution in [0.15, 0.2) is 12.1 Å². The van der Waals surface area contributed by atoms with Gasteiger partial charge in [0.25, 0.3) is 0 Å². The molecule has 0 saturated carbocycles. The number of nitrogens with zero attached hydrogens (tertiary/aromatic N) is 1. The smallest absolute Gasteiger partial charge is 0.320 e. The summed E-state index contributed by atoms with van der Waals surface area (Å²) in [5.41, 5.74) is 6.60. The molecule has 0 radical (unpaired) electrons. The van der Waals surface area contributed by atoms with Crippen LogP contribution in [0, 0.1) is 0 Å². The van der Waals surface area contributed by atoms with E-state index in [1.165, 1.54) is 7.11 Å². The van der Waals surface area contributed by atoms with E-state index < -0.39 is 12.0 Å². The Morgan fingerprint density at radius 1 is 1.55 bits per heavy atom. The second-order valence-corrected chi connectivity index (χ2v) is 5.70. The summed E-state index contributed by atoms with van der Waals surface area (Å²) in [6, 6.07) is 2.59. The zero-order chi connectivity index (χ0) is 14.9. The van der Waals surface area contributed by atoms with Gasteiger partial charge in [0.15, 0.2) is 0 Å². The lowest BCUT2D eigenvalue weighted by Gasteiger charge is -2.22. The first-order valence-electron chi connectivity index (χ1n) is 6.16. The minimum absolute atomic E-state index is 0.142. The van der Waals surface area contributed by atoms with Crippen LogP contribution in [0.3, 0.4) is 0 Å². The van der Waals surface area contributed by atoms with Crippen molar-refractivity contribution in [3.63, 3.8) is 0 Å². The predicted octanol–water partition coefficient (Wildman–Crippen LogP) is 1.99. The molecule has 1 fully saturated rings. The monoisotopic (exact) mass is 318 g/mol. The van der Waals surface area contributed by atoms with Crippen LogP contribution >= 0.6 is 23.2 Å². The molecule has 0 bridgehead atoms. The highest BCUT2D eigenvalue weighted by atomic mass is 35.5. The van der Waals surface area contributed by atoms with Crippen molar-refractivity contribution in [1.29, 1.82) is 0 Å². The van der Waals surface area contributed by atoms with Crippen molar-refractivity contribution >= 4 is 29.2 Å². The number of hydrogen-bond acceptors (Lipinski definition) is 4. The van der Waals surface area contributed by atoms with Crippen LogP contribution in [0.2, 0.25) is 10.0 Å². The SMILES string of the molecule is COc1c(Cl)cc(Cl)cc1CN1C[C@@H](N)C[C@H]1C(=O)O. The van der Waals surface area contributed by atoms with E-state index in [0.29, 0.717) is 35.3 Å². The van der Waals surface area contributed by atoms with Gasteiger partial charge in [-0.3, -0.25) is 9.69 Å².